The number of amides is 1. The van der Waals surface area contributed by atoms with Gasteiger partial charge in [0.2, 0.25) is 0 Å². The molecule has 0 aliphatic carbocycles. The van der Waals surface area contributed by atoms with Gasteiger partial charge in [-0.2, -0.15) is 4.98 Å². The first kappa shape index (κ1) is 29.9. The maximum absolute atomic E-state index is 14.4. The normalized spacial score (nSPS) is 12.0. The number of halogens is 3. The van der Waals surface area contributed by atoms with Gasteiger partial charge in [0.1, 0.15) is 22.8 Å². The molecule has 1 amide bonds. The van der Waals surface area contributed by atoms with Crippen molar-refractivity contribution >= 4 is 17.0 Å². The number of carbonyl (C=O) groups excluding carboxylic acids is 1. The molecule has 0 spiro atoms. The molecule has 0 aliphatic heterocycles. The molecule has 2 N–H and O–H groups in total. The van der Waals surface area contributed by atoms with Crippen molar-refractivity contribution in [3.05, 3.63) is 92.7 Å². The summed E-state index contributed by atoms with van der Waals surface area (Å²) < 4.78 is 34.8. The molecule has 0 bridgehead atoms. The first-order chi connectivity index (χ1) is 18.1. The molecule has 0 saturated carbocycles. The smallest absolute Gasteiger partial charge is 1.00 e. The topological polar surface area (TPSA) is 107 Å². The summed E-state index contributed by atoms with van der Waals surface area (Å²) >= 11 is 0. The van der Waals surface area contributed by atoms with Crippen molar-refractivity contribution in [2.75, 3.05) is 13.1 Å². The van der Waals surface area contributed by atoms with Crippen LogP contribution in [-0.2, 0) is 6.54 Å². The van der Waals surface area contributed by atoms with Crippen LogP contribution in [0.5, 0.6) is 0 Å². The molecule has 2 heterocycles. The van der Waals surface area contributed by atoms with Crippen LogP contribution in [0.1, 0.15) is 60.7 Å². The number of nitrogens with zero attached hydrogens (tertiary/aromatic N) is 4. The highest BCUT2D eigenvalue weighted by Gasteiger charge is 2.33. The second-order valence-electron chi connectivity index (χ2n) is 9.73. The van der Waals surface area contributed by atoms with Crippen LogP contribution in [0, 0.1) is 31.4 Å². The predicted octanol–water partition coefficient (Wildman–Crippen LogP) is 1.63. The van der Waals surface area contributed by atoms with Crippen molar-refractivity contribution in [2.24, 2.45) is 11.7 Å². The van der Waals surface area contributed by atoms with E-state index in [1.807, 2.05) is 13.8 Å². The fourth-order valence-corrected chi connectivity index (χ4v) is 4.55. The number of hydrogen-bond donors (Lipinski definition) is 1. The van der Waals surface area contributed by atoms with Crippen LogP contribution in [0.3, 0.4) is 0 Å². The molecule has 4 aromatic rings. The highest BCUT2D eigenvalue weighted by Crippen LogP contribution is 2.31. The summed E-state index contributed by atoms with van der Waals surface area (Å²) in [6, 6.07) is 9.48. The number of carbonyl (C=O) groups is 1. The van der Waals surface area contributed by atoms with Gasteiger partial charge in [0.25, 0.3) is 17.2 Å². The lowest BCUT2D eigenvalue weighted by atomic mass is 9.98. The number of aromatic nitrogens is 3. The molecule has 39 heavy (non-hydrogen) atoms. The Hall–Kier alpha value is -3.63. The first-order valence-corrected chi connectivity index (χ1v) is 12.5. The van der Waals surface area contributed by atoms with E-state index in [1.165, 1.54) is 22.8 Å². The number of fused-ring (bicyclic) bond motifs is 1. The minimum absolute atomic E-state index is 0. The van der Waals surface area contributed by atoms with E-state index in [1.54, 1.807) is 43.0 Å². The van der Waals surface area contributed by atoms with Crippen LogP contribution in [0.4, 0.5) is 8.78 Å². The van der Waals surface area contributed by atoms with Crippen molar-refractivity contribution in [3.8, 4) is 0 Å². The van der Waals surface area contributed by atoms with E-state index in [0.717, 1.165) is 0 Å². The molecule has 208 valence electrons. The Morgan fingerprint density at radius 3 is 2.46 bits per heavy atom. The van der Waals surface area contributed by atoms with Crippen LogP contribution in [0.2, 0.25) is 0 Å². The van der Waals surface area contributed by atoms with Gasteiger partial charge in [-0.25, -0.2) is 8.78 Å². The molecule has 0 saturated heterocycles. The number of rotatable bonds is 9. The fraction of sp³-hybridized carbons (Fsp3) is 0.357. The zero-order chi connectivity index (χ0) is 27.6. The van der Waals surface area contributed by atoms with Gasteiger partial charge < -0.3 is 27.6 Å². The molecule has 8 nitrogen and oxygen atoms in total. The minimum Gasteiger partial charge on any atom is -1.00 e. The Bertz CT molecular complexity index is 1530. The van der Waals surface area contributed by atoms with E-state index in [2.05, 4.69) is 10.1 Å². The molecule has 0 aliphatic rings. The summed E-state index contributed by atoms with van der Waals surface area (Å²) in [5.41, 5.74) is 7.15. The van der Waals surface area contributed by atoms with E-state index in [0.29, 0.717) is 29.8 Å². The van der Waals surface area contributed by atoms with Crippen molar-refractivity contribution in [1.29, 1.82) is 0 Å². The molecule has 1 atom stereocenters. The van der Waals surface area contributed by atoms with Gasteiger partial charge in [0.05, 0.1) is 18.3 Å². The van der Waals surface area contributed by atoms with Crippen LogP contribution in [0.15, 0.2) is 51.8 Å². The lowest BCUT2D eigenvalue weighted by Crippen LogP contribution is -3.00. The Labute approximate surface area is 232 Å². The van der Waals surface area contributed by atoms with Gasteiger partial charge >= 0.3 is 1.43 Å². The summed E-state index contributed by atoms with van der Waals surface area (Å²) in [7, 11) is 0. The molecule has 11 heteroatoms. The summed E-state index contributed by atoms with van der Waals surface area (Å²) in [5, 5.41) is 4.15. The van der Waals surface area contributed by atoms with Gasteiger partial charge in [0, 0.05) is 12.1 Å². The SMILES string of the molecule is Cc1ccc(C(=O)N(CCCN)C(c2nc3onc(C)c3c(=O)n2Cc2ccc(F)cc2)C(C)C)cc1F.[Cl-].[H+]. The molecule has 0 radical (unpaired) electrons. The van der Waals surface area contributed by atoms with Crippen LogP contribution in [0.25, 0.3) is 11.1 Å². The van der Waals surface area contributed by atoms with Crippen LogP contribution < -0.4 is 23.7 Å². The quantitative estimate of drug-likeness (QED) is 0.334. The summed E-state index contributed by atoms with van der Waals surface area (Å²) in [5.74, 6) is -1.21. The highest BCUT2D eigenvalue weighted by molar-refractivity contribution is 5.94. The van der Waals surface area contributed by atoms with Gasteiger partial charge in [-0.1, -0.05) is 37.2 Å². The van der Waals surface area contributed by atoms with Crippen LogP contribution >= 0.6 is 0 Å². The van der Waals surface area contributed by atoms with E-state index in [-0.39, 0.29) is 60.9 Å². The van der Waals surface area contributed by atoms with E-state index < -0.39 is 23.6 Å². The average Bonchev–Trinajstić information content (AvgIpc) is 3.26. The largest absolute Gasteiger partial charge is 1.00 e. The number of hydrogen-bond acceptors (Lipinski definition) is 6. The molecule has 1 unspecified atom stereocenters. The van der Waals surface area contributed by atoms with Gasteiger partial charge in [-0.3, -0.25) is 14.2 Å². The summed E-state index contributed by atoms with van der Waals surface area (Å²) in [4.78, 5) is 33.9. The minimum atomic E-state index is -0.693. The molecular weight excluding hydrogens is 528 g/mol. The summed E-state index contributed by atoms with van der Waals surface area (Å²) in [6.07, 6.45) is 0.481. The third kappa shape index (κ3) is 6.17. The average molecular weight is 560 g/mol. The fourth-order valence-electron chi connectivity index (χ4n) is 4.55. The maximum Gasteiger partial charge on any atom is 1.00 e. The van der Waals surface area contributed by atoms with Crippen LogP contribution in [-0.4, -0.2) is 38.6 Å². The maximum atomic E-state index is 14.4. The van der Waals surface area contributed by atoms with Crippen molar-refractivity contribution in [2.45, 2.75) is 46.7 Å². The zero-order valence-electron chi connectivity index (χ0n) is 23.2. The lowest BCUT2D eigenvalue weighted by molar-refractivity contribution is -0.0000202. The Kier molecular flexibility index (Phi) is 9.58. The molecule has 0 fully saturated rings. The molecular formula is C28H32ClF2N5O3. The standard InChI is InChI=1S/C28H31F2N5O3.ClH/c1-16(2)24(34(13-5-12-31)27(36)20-9-6-17(3)22(30)14-20)25-32-26-23(18(4)33-38-26)28(37)35(25)15-19-7-10-21(29)11-8-19;/h6-11,14,16,24H,5,12-13,15,31H2,1-4H3;1H. The number of benzene rings is 2. The second kappa shape index (κ2) is 12.5. The molecule has 2 aromatic carbocycles. The van der Waals surface area contributed by atoms with Crippen molar-refractivity contribution < 1.29 is 31.9 Å². The van der Waals surface area contributed by atoms with Gasteiger partial charge in [-0.15, -0.1) is 0 Å². The second-order valence-corrected chi connectivity index (χ2v) is 9.73. The van der Waals surface area contributed by atoms with E-state index >= 15 is 0 Å². The van der Waals surface area contributed by atoms with Crippen molar-refractivity contribution in [3.63, 3.8) is 0 Å². The number of nitrogens with two attached hydrogens (primary N) is 1. The Balaban J connectivity index is 0.00000280. The van der Waals surface area contributed by atoms with E-state index in [4.69, 9.17) is 10.3 Å². The molecule has 4 rings (SSSR count). The highest BCUT2D eigenvalue weighted by atomic mass is 35.5. The third-order valence-corrected chi connectivity index (χ3v) is 6.56. The molecule has 2 aromatic heterocycles. The zero-order valence-corrected chi connectivity index (χ0v) is 23.0. The first-order valence-electron chi connectivity index (χ1n) is 12.5. The predicted molar refractivity (Wildman–Crippen MR) is 141 cm³/mol. The third-order valence-electron chi connectivity index (χ3n) is 6.56. The Morgan fingerprint density at radius 1 is 1.15 bits per heavy atom. The van der Waals surface area contributed by atoms with Crippen molar-refractivity contribution in [1.82, 2.24) is 19.6 Å². The van der Waals surface area contributed by atoms with Gasteiger partial charge in [0.15, 0.2) is 0 Å². The summed E-state index contributed by atoms with van der Waals surface area (Å²) in [6.45, 7) is 7.77. The number of aryl methyl sites for hydroxylation is 2. The van der Waals surface area contributed by atoms with Gasteiger partial charge in [-0.05, 0) is 68.1 Å². The van der Waals surface area contributed by atoms with E-state index in [9.17, 15) is 18.4 Å². The lowest BCUT2D eigenvalue weighted by Gasteiger charge is -2.35. The monoisotopic (exact) mass is 559 g/mol. The Morgan fingerprint density at radius 2 is 1.85 bits per heavy atom.